The number of nitrogens with one attached hydrogen (secondary N) is 3. The predicted molar refractivity (Wildman–Crippen MR) is 180 cm³/mol. The number of piperidine rings is 3. The van der Waals surface area contributed by atoms with Gasteiger partial charge in [-0.15, -0.1) is 0 Å². The van der Waals surface area contributed by atoms with Gasteiger partial charge in [0.25, 0.3) is 5.91 Å². The van der Waals surface area contributed by atoms with Crippen LogP contribution in [0.25, 0.3) is 0 Å². The number of hydrogen-bond acceptors (Lipinski definition) is 8. The molecular formula is C35H42N6O7S. The molecule has 260 valence electrons. The fraction of sp³-hybridized carbons (Fsp3) is 0.514. The maximum Gasteiger partial charge on any atom is 0.255 e. The second-order valence-corrected chi connectivity index (χ2v) is 16.4. The average Bonchev–Trinajstić information content (AvgIpc) is 3.35. The lowest BCUT2D eigenvalue weighted by Gasteiger charge is -2.41. The number of amides is 5. The first-order valence-corrected chi connectivity index (χ1v) is 18.6. The Morgan fingerprint density at radius 3 is 2.51 bits per heavy atom. The van der Waals surface area contributed by atoms with Crippen LogP contribution >= 0.6 is 0 Å². The Balaban J connectivity index is 0.903. The van der Waals surface area contributed by atoms with Crippen LogP contribution in [0.15, 0.2) is 42.5 Å². The molecule has 4 heterocycles. The highest BCUT2D eigenvalue weighted by atomic mass is 32.2. The number of carbonyl (C=O) groups is 5. The third-order valence-electron chi connectivity index (χ3n) is 10.8. The Kier molecular flexibility index (Phi) is 8.50. The van der Waals surface area contributed by atoms with Crippen molar-refractivity contribution in [1.82, 2.24) is 19.4 Å². The molecule has 7 rings (SSSR count). The van der Waals surface area contributed by atoms with Crippen LogP contribution in [0.3, 0.4) is 0 Å². The van der Waals surface area contributed by atoms with Gasteiger partial charge in [0.1, 0.15) is 6.04 Å². The van der Waals surface area contributed by atoms with Crippen LogP contribution < -0.4 is 16.0 Å². The summed E-state index contributed by atoms with van der Waals surface area (Å²) in [6.45, 7) is 5.63. The van der Waals surface area contributed by atoms with Gasteiger partial charge >= 0.3 is 0 Å². The number of benzene rings is 2. The molecule has 0 aromatic heterocycles. The second kappa shape index (κ2) is 12.5. The standard InChI is InChI=1S/C35H42N6O7S/c1-35(2)13-3-4-14-41(35)49(47,48)20-21-7-5-8-22(15-21)37-33(45)31-25-17-39(18-26(25)31)30(43)16-36-27-10-6-9-23-24(27)19-40(34(23)46)28-11-12-29(42)38-32(28)44/h5-10,15,25-26,28,31,36H,3-4,11-14,16-20H2,1-2H3,(H,37,45)(H,38,42,44)/t25-,26?,28?,31+/m0/s1. The number of sulfonamides is 1. The molecule has 1 saturated carbocycles. The van der Waals surface area contributed by atoms with Crippen LogP contribution in [0, 0.1) is 17.8 Å². The number of fused-ring (bicyclic) bond motifs is 2. The first kappa shape index (κ1) is 33.2. The minimum Gasteiger partial charge on any atom is -0.376 e. The molecule has 5 amide bonds. The van der Waals surface area contributed by atoms with Crippen LogP contribution in [0.2, 0.25) is 0 Å². The van der Waals surface area contributed by atoms with Gasteiger partial charge in [-0.2, -0.15) is 4.31 Å². The summed E-state index contributed by atoms with van der Waals surface area (Å²) in [5, 5.41) is 8.45. The van der Waals surface area contributed by atoms with Crippen LogP contribution in [0.4, 0.5) is 11.4 Å². The number of nitrogens with zero attached hydrogens (tertiary/aromatic N) is 3. The van der Waals surface area contributed by atoms with Crippen molar-refractivity contribution in [3.8, 4) is 0 Å². The zero-order valence-electron chi connectivity index (χ0n) is 27.7. The van der Waals surface area contributed by atoms with Crippen molar-refractivity contribution >= 4 is 50.9 Å². The number of anilines is 2. The first-order valence-electron chi connectivity index (χ1n) is 17.0. The molecule has 1 aliphatic carbocycles. The molecule has 4 aliphatic heterocycles. The van der Waals surface area contributed by atoms with Crippen LogP contribution in [-0.2, 0) is 41.5 Å². The van der Waals surface area contributed by atoms with Gasteiger partial charge in [-0.1, -0.05) is 24.6 Å². The lowest BCUT2D eigenvalue weighted by atomic mass is 9.93. The molecule has 3 saturated heterocycles. The van der Waals surface area contributed by atoms with E-state index >= 15 is 0 Å². The summed E-state index contributed by atoms with van der Waals surface area (Å²) in [6.07, 6.45) is 3.14. The fourth-order valence-electron chi connectivity index (χ4n) is 8.16. The Hall–Kier alpha value is -4.30. The maximum absolute atomic E-state index is 13.3. The molecule has 0 bridgehead atoms. The summed E-state index contributed by atoms with van der Waals surface area (Å²) in [4.78, 5) is 66.7. The van der Waals surface area contributed by atoms with Gasteiger partial charge in [0, 0.05) is 66.6 Å². The van der Waals surface area contributed by atoms with Gasteiger partial charge in [0.15, 0.2) is 0 Å². The average molecular weight is 691 g/mol. The molecule has 0 spiro atoms. The number of likely N-dealkylation sites (tertiary alicyclic amines) is 1. The third kappa shape index (κ3) is 6.43. The molecule has 2 aromatic carbocycles. The van der Waals surface area contributed by atoms with Gasteiger partial charge in [-0.25, -0.2) is 8.42 Å². The zero-order chi connectivity index (χ0) is 34.7. The minimum absolute atomic E-state index is 0.0175. The normalized spacial score (nSPS) is 26.2. The molecule has 13 nitrogen and oxygen atoms in total. The van der Waals surface area contributed by atoms with E-state index in [2.05, 4.69) is 16.0 Å². The van der Waals surface area contributed by atoms with E-state index in [0.29, 0.717) is 47.7 Å². The molecular weight excluding hydrogens is 648 g/mol. The lowest BCUT2D eigenvalue weighted by Crippen LogP contribution is -2.52. The van der Waals surface area contributed by atoms with Gasteiger partial charge in [0.05, 0.1) is 12.3 Å². The van der Waals surface area contributed by atoms with E-state index in [1.807, 2.05) is 13.8 Å². The molecule has 4 atom stereocenters. The molecule has 5 aliphatic rings. The highest BCUT2D eigenvalue weighted by Gasteiger charge is 2.60. The highest BCUT2D eigenvalue weighted by Crippen LogP contribution is 2.52. The molecule has 2 unspecified atom stereocenters. The zero-order valence-corrected chi connectivity index (χ0v) is 28.6. The van der Waals surface area contributed by atoms with Crippen molar-refractivity contribution in [3.05, 3.63) is 59.2 Å². The molecule has 2 aromatic rings. The smallest absolute Gasteiger partial charge is 0.255 e. The molecule has 49 heavy (non-hydrogen) atoms. The largest absolute Gasteiger partial charge is 0.376 e. The van der Waals surface area contributed by atoms with E-state index < -0.39 is 27.5 Å². The van der Waals surface area contributed by atoms with Crippen LogP contribution in [0.5, 0.6) is 0 Å². The second-order valence-electron chi connectivity index (χ2n) is 14.5. The van der Waals surface area contributed by atoms with Crippen molar-refractivity contribution in [2.75, 3.05) is 36.8 Å². The van der Waals surface area contributed by atoms with Crippen molar-refractivity contribution in [2.45, 2.75) is 69.8 Å². The lowest BCUT2D eigenvalue weighted by molar-refractivity contribution is -0.137. The molecule has 14 heteroatoms. The minimum atomic E-state index is -3.52. The highest BCUT2D eigenvalue weighted by molar-refractivity contribution is 7.88. The number of imide groups is 1. The van der Waals surface area contributed by atoms with Crippen molar-refractivity contribution in [1.29, 1.82) is 0 Å². The maximum atomic E-state index is 13.3. The van der Waals surface area contributed by atoms with Gasteiger partial charge in [-0.3, -0.25) is 29.3 Å². The van der Waals surface area contributed by atoms with E-state index in [4.69, 9.17) is 0 Å². The van der Waals surface area contributed by atoms with E-state index in [1.54, 1.807) is 51.7 Å². The summed E-state index contributed by atoms with van der Waals surface area (Å²) in [6, 6.07) is 11.5. The molecule has 3 N–H and O–H groups in total. The quantitative estimate of drug-likeness (QED) is 0.338. The van der Waals surface area contributed by atoms with Gasteiger partial charge in [0.2, 0.25) is 33.7 Å². The van der Waals surface area contributed by atoms with E-state index in [0.717, 1.165) is 19.3 Å². The monoisotopic (exact) mass is 690 g/mol. The van der Waals surface area contributed by atoms with E-state index in [-0.39, 0.29) is 73.1 Å². The van der Waals surface area contributed by atoms with E-state index in [1.165, 1.54) is 4.90 Å². The van der Waals surface area contributed by atoms with Crippen molar-refractivity contribution in [3.63, 3.8) is 0 Å². The fourth-order valence-corrected chi connectivity index (χ4v) is 10.2. The van der Waals surface area contributed by atoms with Crippen molar-refractivity contribution in [2.24, 2.45) is 17.8 Å². The predicted octanol–water partition coefficient (Wildman–Crippen LogP) is 2.30. The number of carbonyl (C=O) groups excluding carboxylic acids is 5. The van der Waals surface area contributed by atoms with Crippen LogP contribution in [0.1, 0.15) is 67.4 Å². The number of hydrogen-bond donors (Lipinski definition) is 3. The summed E-state index contributed by atoms with van der Waals surface area (Å²) >= 11 is 0. The Morgan fingerprint density at radius 2 is 1.78 bits per heavy atom. The topological polar surface area (TPSA) is 165 Å². The van der Waals surface area contributed by atoms with E-state index in [9.17, 15) is 32.4 Å². The SMILES string of the molecule is CC1(C)CCCCN1S(=O)(=O)Cc1cccc(NC(=O)[C@H]2C3CN(C(=O)CNc4cccc5c4CN(C4CCC(=O)NC4=O)C5=O)C[C@@H]32)c1. The van der Waals surface area contributed by atoms with Crippen LogP contribution in [-0.4, -0.2) is 89.8 Å². The molecule has 0 radical (unpaired) electrons. The number of rotatable bonds is 9. The Labute approximate surface area is 285 Å². The first-order chi connectivity index (χ1) is 23.3. The van der Waals surface area contributed by atoms with Gasteiger partial charge < -0.3 is 20.4 Å². The summed E-state index contributed by atoms with van der Waals surface area (Å²) < 4.78 is 28.2. The van der Waals surface area contributed by atoms with Crippen molar-refractivity contribution < 1.29 is 32.4 Å². The third-order valence-corrected chi connectivity index (χ3v) is 12.9. The summed E-state index contributed by atoms with van der Waals surface area (Å²) in [5.41, 5.74) is 2.59. The summed E-state index contributed by atoms with van der Waals surface area (Å²) in [5.74, 6) is -1.53. The molecule has 4 fully saturated rings. The van der Waals surface area contributed by atoms with Gasteiger partial charge in [-0.05, 0) is 74.8 Å². The summed E-state index contributed by atoms with van der Waals surface area (Å²) in [7, 11) is -3.52. The Morgan fingerprint density at radius 1 is 1.02 bits per heavy atom. The Bertz CT molecular complexity index is 1830.